The zero-order chi connectivity index (χ0) is 22.4. The third-order valence-corrected chi connectivity index (χ3v) is 6.34. The number of benzene rings is 1. The molecule has 2 heterocycles. The largest absolute Gasteiger partial charge is 0.367 e. The first-order chi connectivity index (χ1) is 14.9. The maximum atomic E-state index is 13.4. The molecule has 2 saturated heterocycles. The van der Waals surface area contributed by atoms with Crippen LogP contribution in [0, 0.1) is 11.7 Å². The lowest BCUT2D eigenvalue weighted by molar-refractivity contribution is -0.0605. The lowest BCUT2D eigenvalue weighted by Gasteiger charge is -2.40. The summed E-state index contributed by atoms with van der Waals surface area (Å²) in [6.45, 7) is 16.4. The molecule has 2 aliphatic heterocycles. The van der Waals surface area contributed by atoms with Crippen molar-refractivity contribution in [3.8, 4) is 0 Å². The van der Waals surface area contributed by atoms with Gasteiger partial charge in [-0.15, -0.1) is 24.0 Å². The van der Waals surface area contributed by atoms with E-state index in [0.717, 1.165) is 57.3 Å². The van der Waals surface area contributed by atoms with E-state index in [2.05, 4.69) is 54.8 Å². The first kappa shape index (κ1) is 27.3. The topological polar surface area (TPSA) is 43.3 Å². The molecule has 3 atom stereocenters. The molecule has 32 heavy (non-hydrogen) atoms. The third-order valence-electron chi connectivity index (χ3n) is 6.34. The number of halogens is 2. The summed E-state index contributed by atoms with van der Waals surface area (Å²) >= 11 is 0. The molecule has 3 unspecified atom stereocenters. The molecule has 1 N–H and O–H groups in total. The predicted octanol–water partition coefficient (Wildman–Crippen LogP) is 3.44. The highest BCUT2D eigenvalue weighted by Crippen LogP contribution is 2.25. The number of guanidine groups is 1. The molecule has 0 radical (unpaired) electrons. The maximum absolute atomic E-state index is 13.4. The summed E-state index contributed by atoms with van der Waals surface area (Å²) in [5.41, 5.74) is 1.01. The number of aliphatic imine (C=N–C) groups is 1. The number of morpholine rings is 1. The van der Waals surface area contributed by atoms with E-state index in [1.165, 1.54) is 12.1 Å². The normalized spacial score (nSPS) is 24.3. The number of ether oxygens (including phenoxy) is 1. The average molecular weight is 562 g/mol. The van der Waals surface area contributed by atoms with Crippen LogP contribution >= 0.6 is 24.0 Å². The lowest BCUT2D eigenvalue weighted by Crippen LogP contribution is -2.53. The van der Waals surface area contributed by atoms with E-state index in [1.807, 2.05) is 12.1 Å². The van der Waals surface area contributed by atoms with Crippen LogP contribution in [0.4, 0.5) is 4.39 Å². The fraction of sp³-hybridized carbons (Fsp3) is 0.708. The molecule has 182 valence electrons. The second-order valence-corrected chi connectivity index (χ2v) is 9.24. The number of rotatable bonds is 6. The lowest BCUT2D eigenvalue weighted by atomic mass is 10.0. The Morgan fingerprint density at radius 1 is 1.16 bits per heavy atom. The van der Waals surface area contributed by atoms with Crippen molar-refractivity contribution in [3.05, 3.63) is 35.6 Å². The summed E-state index contributed by atoms with van der Waals surface area (Å²) < 4.78 is 19.5. The Hall–Kier alpha value is -0.970. The zero-order valence-corrected chi connectivity index (χ0v) is 22.6. The Morgan fingerprint density at radius 2 is 1.81 bits per heavy atom. The molecule has 0 bridgehead atoms. The van der Waals surface area contributed by atoms with Crippen molar-refractivity contribution in [2.75, 3.05) is 59.4 Å². The van der Waals surface area contributed by atoms with Crippen molar-refractivity contribution >= 4 is 29.9 Å². The van der Waals surface area contributed by atoms with Gasteiger partial charge in [0.25, 0.3) is 0 Å². The Balaban J connectivity index is 0.00000363. The number of nitrogens with one attached hydrogen (secondary N) is 1. The molecule has 0 aliphatic carbocycles. The number of likely N-dealkylation sites (N-methyl/N-ethyl adjacent to an activating group) is 1. The standard InChI is InChI=1S/C24H40FN5O.HI/c1-6-26-24(27-15-22(18(2)3)29-13-11-28(5)12-14-29)30-16-19(4)31-23(17-30)20-7-9-21(25)10-8-20;/h7-10,18-19,22-23H,6,11-17H2,1-5H3,(H,26,27);1H. The van der Waals surface area contributed by atoms with Gasteiger partial charge in [0.2, 0.25) is 0 Å². The smallest absolute Gasteiger partial charge is 0.194 e. The molecular formula is C24H41FIN5O. The summed E-state index contributed by atoms with van der Waals surface area (Å²) in [4.78, 5) is 12.4. The Morgan fingerprint density at radius 3 is 2.41 bits per heavy atom. The highest BCUT2D eigenvalue weighted by atomic mass is 127. The summed E-state index contributed by atoms with van der Waals surface area (Å²) in [6, 6.07) is 7.09. The minimum atomic E-state index is -0.219. The number of piperazine rings is 1. The van der Waals surface area contributed by atoms with Crippen molar-refractivity contribution in [1.29, 1.82) is 0 Å². The highest BCUT2D eigenvalue weighted by molar-refractivity contribution is 14.0. The van der Waals surface area contributed by atoms with Gasteiger partial charge in [0, 0.05) is 45.3 Å². The molecule has 8 heteroatoms. The van der Waals surface area contributed by atoms with Crippen molar-refractivity contribution < 1.29 is 9.13 Å². The van der Waals surface area contributed by atoms with Gasteiger partial charge in [0.1, 0.15) is 11.9 Å². The quantitative estimate of drug-likeness (QED) is 0.328. The zero-order valence-electron chi connectivity index (χ0n) is 20.3. The van der Waals surface area contributed by atoms with Gasteiger partial charge in [-0.3, -0.25) is 9.89 Å². The van der Waals surface area contributed by atoms with Gasteiger partial charge in [-0.05, 0) is 44.5 Å². The molecule has 1 aromatic carbocycles. The second kappa shape index (κ2) is 13.1. The SMILES string of the molecule is CCNC(=NCC(C(C)C)N1CCN(C)CC1)N1CC(C)OC(c2ccc(F)cc2)C1.I. The highest BCUT2D eigenvalue weighted by Gasteiger charge is 2.29. The number of hydrogen-bond donors (Lipinski definition) is 1. The summed E-state index contributed by atoms with van der Waals surface area (Å²) in [7, 11) is 2.19. The van der Waals surface area contributed by atoms with Gasteiger partial charge in [0.05, 0.1) is 19.2 Å². The Labute approximate surface area is 210 Å². The molecule has 6 nitrogen and oxygen atoms in total. The van der Waals surface area contributed by atoms with Crippen molar-refractivity contribution in [2.24, 2.45) is 10.9 Å². The fourth-order valence-corrected chi connectivity index (χ4v) is 4.49. The van der Waals surface area contributed by atoms with Gasteiger partial charge in [-0.2, -0.15) is 0 Å². The molecule has 0 aromatic heterocycles. The maximum Gasteiger partial charge on any atom is 0.194 e. The molecule has 0 saturated carbocycles. The Kier molecular flexibility index (Phi) is 11.1. The van der Waals surface area contributed by atoms with E-state index in [-0.39, 0.29) is 42.0 Å². The van der Waals surface area contributed by atoms with E-state index in [9.17, 15) is 4.39 Å². The van der Waals surface area contributed by atoms with Gasteiger partial charge >= 0.3 is 0 Å². The minimum absolute atomic E-state index is 0. The summed E-state index contributed by atoms with van der Waals surface area (Å²) in [5, 5.41) is 3.49. The van der Waals surface area contributed by atoms with Crippen molar-refractivity contribution in [3.63, 3.8) is 0 Å². The van der Waals surface area contributed by atoms with Crippen LogP contribution in [0.1, 0.15) is 39.4 Å². The van der Waals surface area contributed by atoms with Crippen LogP contribution in [-0.2, 0) is 4.74 Å². The van der Waals surface area contributed by atoms with Crippen LogP contribution < -0.4 is 5.32 Å². The second-order valence-electron chi connectivity index (χ2n) is 9.24. The molecule has 0 amide bonds. The first-order valence-electron chi connectivity index (χ1n) is 11.7. The monoisotopic (exact) mass is 561 g/mol. The number of nitrogens with zero attached hydrogens (tertiary/aromatic N) is 4. The molecular weight excluding hydrogens is 520 g/mol. The van der Waals surface area contributed by atoms with Crippen molar-refractivity contribution in [2.45, 2.75) is 45.9 Å². The van der Waals surface area contributed by atoms with E-state index >= 15 is 0 Å². The average Bonchev–Trinajstić information content (AvgIpc) is 2.74. The van der Waals surface area contributed by atoms with E-state index in [1.54, 1.807) is 0 Å². The third kappa shape index (κ3) is 7.53. The Bertz CT molecular complexity index is 709. The number of hydrogen-bond acceptors (Lipinski definition) is 4. The van der Waals surface area contributed by atoms with Crippen molar-refractivity contribution in [1.82, 2.24) is 20.0 Å². The molecule has 2 fully saturated rings. The molecule has 2 aliphatic rings. The van der Waals surface area contributed by atoms with E-state index in [0.29, 0.717) is 18.5 Å². The van der Waals surface area contributed by atoms with Crippen LogP contribution in [0.2, 0.25) is 0 Å². The summed E-state index contributed by atoms with van der Waals surface area (Å²) in [6.07, 6.45) is -0.0158. The van der Waals surface area contributed by atoms with Gasteiger partial charge < -0.3 is 19.9 Å². The molecule has 0 spiro atoms. The van der Waals surface area contributed by atoms with E-state index in [4.69, 9.17) is 9.73 Å². The van der Waals surface area contributed by atoms with Crippen LogP contribution in [0.3, 0.4) is 0 Å². The van der Waals surface area contributed by atoms with Gasteiger partial charge in [-0.1, -0.05) is 26.0 Å². The van der Waals surface area contributed by atoms with Crippen LogP contribution in [0.15, 0.2) is 29.3 Å². The first-order valence-corrected chi connectivity index (χ1v) is 11.7. The van der Waals surface area contributed by atoms with Crippen LogP contribution in [0.25, 0.3) is 0 Å². The van der Waals surface area contributed by atoms with Gasteiger partial charge in [0.15, 0.2) is 5.96 Å². The van der Waals surface area contributed by atoms with Gasteiger partial charge in [-0.25, -0.2) is 4.39 Å². The predicted molar refractivity (Wildman–Crippen MR) is 140 cm³/mol. The minimum Gasteiger partial charge on any atom is -0.367 e. The molecule has 1 aromatic rings. The fourth-order valence-electron chi connectivity index (χ4n) is 4.49. The van der Waals surface area contributed by atoms with E-state index < -0.39 is 0 Å². The van der Waals surface area contributed by atoms with Crippen LogP contribution in [0.5, 0.6) is 0 Å². The molecule has 3 rings (SSSR count). The summed E-state index contributed by atoms with van der Waals surface area (Å²) in [5.74, 6) is 1.28. The van der Waals surface area contributed by atoms with Crippen LogP contribution in [-0.4, -0.2) is 92.2 Å².